The van der Waals surface area contributed by atoms with Gasteiger partial charge in [0.25, 0.3) is 5.69 Å². The largest absolute Gasteiger partial charge is 0.384 e. The SMILES string of the molecule is CC(O)(CNc1cc([N+](=O)[O-])ccc1S(N)(=O)=O)c1ccccc1Cl. The molecular weight excluding hydrogens is 370 g/mol. The number of primary sulfonamides is 1. The van der Waals surface area contributed by atoms with E-state index in [9.17, 15) is 23.6 Å². The zero-order chi connectivity index (χ0) is 18.8. The third kappa shape index (κ3) is 4.45. The number of sulfonamides is 1. The molecule has 0 bridgehead atoms. The van der Waals surface area contributed by atoms with Crippen molar-refractivity contribution in [3.05, 3.63) is 63.2 Å². The van der Waals surface area contributed by atoms with Crippen LogP contribution in [0.4, 0.5) is 11.4 Å². The first kappa shape index (κ1) is 19.1. The third-order valence-corrected chi connectivity index (χ3v) is 4.86. The first-order chi connectivity index (χ1) is 11.5. The van der Waals surface area contributed by atoms with Gasteiger partial charge in [-0.3, -0.25) is 10.1 Å². The molecule has 2 aromatic rings. The Morgan fingerprint density at radius 2 is 1.96 bits per heavy atom. The molecule has 10 heteroatoms. The molecule has 0 aliphatic carbocycles. The number of nitro benzene ring substituents is 1. The summed E-state index contributed by atoms with van der Waals surface area (Å²) in [6.45, 7) is 1.33. The number of benzene rings is 2. The van der Waals surface area contributed by atoms with Gasteiger partial charge in [-0.05, 0) is 19.1 Å². The highest BCUT2D eigenvalue weighted by Gasteiger charge is 2.27. The number of nitrogens with zero attached hydrogens (tertiary/aromatic N) is 1. The summed E-state index contributed by atoms with van der Waals surface area (Å²) in [6, 6.07) is 9.75. The third-order valence-electron chi connectivity index (χ3n) is 3.56. The van der Waals surface area contributed by atoms with E-state index in [0.29, 0.717) is 10.6 Å². The number of aliphatic hydroxyl groups is 1. The highest BCUT2D eigenvalue weighted by Crippen LogP contribution is 2.30. The van der Waals surface area contributed by atoms with Crippen molar-refractivity contribution < 1.29 is 18.4 Å². The average Bonchev–Trinajstić information content (AvgIpc) is 2.52. The maximum absolute atomic E-state index is 11.7. The summed E-state index contributed by atoms with van der Waals surface area (Å²) in [6.07, 6.45) is 0. The van der Waals surface area contributed by atoms with E-state index in [1.54, 1.807) is 24.3 Å². The topological polar surface area (TPSA) is 136 Å². The first-order valence-corrected chi connectivity index (χ1v) is 8.97. The lowest BCUT2D eigenvalue weighted by molar-refractivity contribution is -0.384. The van der Waals surface area contributed by atoms with Crippen LogP contribution in [0.15, 0.2) is 47.4 Å². The van der Waals surface area contributed by atoms with E-state index in [-0.39, 0.29) is 22.8 Å². The standard InChI is InChI=1S/C15H16ClN3O5S/c1-15(20,11-4-2-3-5-12(11)16)9-18-13-8-10(19(21)22)6-7-14(13)25(17,23)24/h2-8,18,20H,9H2,1H3,(H2,17,23,24). The van der Waals surface area contributed by atoms with Gasteiger partial charge in [-0.15, -0.1) is 0 Å². The summed E-state index contributed by atoms with van der Waals surface area (Å²) in [7, 11) is -4.11. The predicted octanol–water partition coefficient (Wildman–Crippen LogP) is 2.22. The van der Waals surface area contributed by atoms with E-state index in [4.69, 9.17) is 16.7 Å². The lowest BCUT2D eigenvalue weighted by Crippen LogP contribution is -2.31. The van der Waals surface area contributed by atoms with Crippen molar-refractivity contribution in [1.82, 2.24) is 0 Å². The van der Waals surface area contributed by atoms with Gasteiger partial charge in [-0.2, -0.15) is 0 Å². The molecule has 0 aromatic heterocycles. The Hall–Kier alpha value is -2.20. The number of hydrogen-bond acceptors (Lipinski definition) is 6. The van der Waals surface area contributed by atoms with Crippen LogP contribution in [0.5, 0.6) is 0 Å². The fourth-order valence-electron chi connectivity index (χ4n) is 2.28. The maximum Gasteiger partial charge on any atom is 0.271 e. The minimum absolute atomic E-state index is 0.0796. The van der Waals surface area contributed by atoms with Gasteiger partial charge in [-0.25, -0.2) is 13.6 Å². The Kier molecular flexibility index (Phi) is 5.33. The Balaban J connectivity index is 2.37. The van der Waals surface area contributed by atoms with Gasteiger partial charge in [0, 0.05) is 29.3 Å². The molecule has 8 nitrogen and oxygen atoms in total. The predicted molar refractivity (Wildman–Crippen MR) is 94.0 cm³/mol. The van der Waals surface area contributed by atoms with Crippen LogP contribution in [0.25, 0.3) is 0 Å². The summed E-state index contributed by atoms with van der Waals surface area (Å²) in [5.74, 6) is 0. The number of non-ortho nitro benzene ring substituents is 1. The monoisotopic (exact) mass is 385 g/mol. The first-order valence-electron chi connectivity index (χ1n) is 7.05. The lowest BCUT2D eigenvalue weighted by atomic mass is 9.96. The van der Waals surface area contributed by atoms with Crippen LogP contribution in [0.1, 0.15) is 12.5 Å². The summed E-state index contributed by atoms with van der Waals surface area (Å²) >= 11 is 6.07. The number of halogens is 1. The van der Waals surface area contributed by atoms with Crippen molar-refractivity contribution in [2.75, 3.05) is 11.9 Å². The molecule has 1 unspecified atom stereocenters. The van der Waals surface area contributed by atoms with Crippen LogP contribution in [0.3, 0.4) is 0 Å². The number of nitro groups is 1. The van der Waals surface area contributed by atoms with E-state index in [2.05, 4.69) is 5.32 Å². The average molecular weight is 386 g/mol. The normalized spacial score (nSPS) is 13.9. The Morgan fingerprint density at radius 3 is 2.52 bits per heavy atom. The molecule has 0 aliphatic rings. The van der Waals surface area contributed by atoms with Gasteiger partial charge >= 0.3 is 0 Å². The second-order valence-corrected chi connectivity index (χ2v) is 7.53. The Bertz CT molecular complexity index is 915. The minimum atomic E-state index is -4.11. The van der Waals surface area contributed by atoms with Crippen molar-refractivity contribution in [3.63, 3.8) is 0 Å². The molecule has 0 spiro atoms. The van der Waals surface area contributed by atoms with Gasteiger partial charge < -0.3 is 10.4 Å². The van der Waals surface area contributed by atoms with Crippen molar-refractivity contribution in [2.24, 2.45) is 5.14 Å². The zero-order valence-electron chi connectivity index (χ0n) is 13.1. The highest BCUT2D eigenvalue weighted by atomic mass is 35.5. The van der Waals surface area contributed by atoms with E-state index in [1.165, 1.54) is 6.92 Å². The summed E-state index contributed by atoms with van der Waals surface area (Å²) in [4.78, 5) is 9.94. The molecule has 25 heavy (non-hydrogen) atoms. The van der Waals surface area contributed by atoms with Crippen molar-refractivity contribution in [3.8, 4) is 0 Å². The molecule has 2 aromatic carbocycles. The molecule has 0 aliphatic heterocycles. The minimum Gasteiger partial charge on any atom is -0.384 e. The molecule has 0 saturated carbocycles. The molecule has 0 fully saturated rings. The summed E-state index contributed by atoms with van der Waals surface area (Å²) in [5.41, 5.74) is -1.43. The number of hydrogen-bond donors (Lipinski definition) is 3. The van der Waals surface area contributed by atoms with Crippen LogP contribution in [-0.2, 0) is 15.6 Å². The molecule has 1 atom stereocenters. The fourth-order valence-corrected chi connectivity index (χ4v) is 3.31. The van der Waals surface area contributed by atoms with Crippen LogP contribution in [0, 0.1) is 10.1 Å². The van der Waals surface area contributed by atoms with Gasteiger partial charge in [-0.1, -0.05) is 29.8 Å². The quantitative estimate of drug-likeness (QED) is 0.515. The van der Waals surface area contributed by atoms with Gasteiger partial charge in [0.1, 0.15) is 10.5 Å². The van der Waals surface area contributed by atoms with Crippen LogP contribution < -0.4 is 10.5 Å². The molecular formula is C15H16ClN3O5S. The number of nitrogens with two attached hydrogens (primary N) is 1. The highest BCUT2D eigenvalue weighted by molar-refractivity contribution is 7.89. The van der Waals surface area contributed by atoms with Crippen LogP contribution in [-0.4, -0.2) is 25.0 Å². The second kappa shape index (κ2) is 6.96. The van der Waals surface area contributed by atoms with E-state index >= 15 is 0 Å². The summed E-state index contributed by atoms with van der Waals surface area (Å²) < 4.78 is 23.3. The van der Waals surface area contributed by atoms with Gasteiger partial charge in [0.15, 0.2) is 0 Å². The maximum atomic E-state index is 11.7. The number of nitrogens with one attached hydrogen (secondary N) is 1. The van der Waals surface area contributed by atoms with Gasteiger partial charge in [0.05, 0.1) is 10.6 Å². The Morgan fingerprint density at radius 1 is 1.32 bits per heavy atom. The molecule has 0 heterocycles. The van der Waals surface area contributed by atoms with Crippen molar-refractivity contribution >= 4 is 33.0 Å². The lowest BCUT2D eigenvalue weighted by Gasteiger charge is -2.26. The van der Waals surface area contributed by atoms with Crippen molar-refractivity contribution in [2.45, 2.75) is 17.4 Å². The van der Waals surface area contributed by atoms with Crippen LogP contribution in [0.2, 0.25) is 5.02 Å². The molecule has 4 N–H and O–H groups in total. The molecule has 0 radical (unpaired) electrons. The van der Waals surface area contributed by atoms with E-state index in [1.807, 2.05) is 0 Å². The van der Waals surface area contributed by atoms with E-state index in [0.717, 1.165) is 18.2 Å². The molecule has 134 valence electrons. The van der Waals surface area contributed by atoms with E-state index < -0.39 is 20.5 Å². The fraction of sp³-hybridized carbons (Fsp3) is 0.200. The molecule has 2 rings (SSSR count). The Labute approximate surface area is 149 Å². The molecule has 0 amide bonds. The number of anilines is 1. The number of rotatable bonds is 6. The zero-order valence-corrected chi connectivity index (χ0v) is 14.7. The smallest absolute Gasteiger partial charge is 0.271 e. The van der Waals surface area contributed by atoms with Crippen LogP contribution >= 0.6 is 11.6 Å². The second-order valence-electron chi connectivity index (χ2n) is 5.59. The van der Waals surface area contributed by atoms with Gasteiger partial charge in [0.2, 0.25) is 10.0 Å². The van der Waals surface area contributed by atoms with Crippen molar-refractivity contribution in [1.29, 1.82) is 0 Å². The summed E-state index contributed by atoms with van der Waals surface area (Å²) in [5, 5.41) is 29.7. The molecule has 0 saturated heterocycles.